The Morgan fingerprint density at radius 3 is 1.38 bits per heavy atom. The molecule has 428 valence electrons. The van der Waals surface area contributed by atoms with Crippen LogP contribution in [0.1, 0.15) is 37.5 Å². The van der Waals surface area contributed by atoms with Crippen LogP contribution in [0.15, 0.2) is 255 Å². The van der Waals surface area contributed by atoms with E-state index in [0.717, 1.165) is 80.6 Å². The van der Waals surface area contributed by atoms with E-state index in [0.29, 0.717) is 17.8 Å². The summed E-state index contributed by atoms with van der Waals surface area (Å²) in [5.74, 6) is -1.00. The zero-order valence-electron chi connectivity index (χ0n) is 45.8. The second-order valence-electron chi connectivity index (χ2n) is 18.7. The number of nitrogens with zero attached hydrogens (tertiary/aromatic N) is 15. The Balaban J connectivity index is 0.000000120. The fourth-order valence-corrected chi connectivity index (χ4v) is 11.0. The van der Waals surface area contributed by atoms with Crippen LogP contribution in [0.4, 0.5) is 4.39 Å². The van der Waals surface area contributed by atoms with Crippen LogP contribution < -0.4 is 0 Å². The first-order valence-electron chi connectivity index (χ1n) is 26.6. The summed E-state index contributed by atoms with van der Waals surface area (Å²) < 4.78 is 24.2. The molecule has 13 aromatic heterocycles. The third-order valence-corrected chi connectivity index (χ3v) is 16.1. The highest BCUT2D eigenvalue weighted by Crippen LogP contribution is 2.28. The van der Waals surface area contributed by atoms with Crippen LogP contribution in [0.25, 0.3) is 43.0 Å². The molecule has 0 unspecified atom stereocenters. The largest absolute Gasteiger partial charge is 0.505 e. The molecule has 14 rings (SSSR count). The van der Waals surface area contributed by atoms with Crippen LogP contribution in [-0.4, -0.2) is 84.1 Å². The molecule has 0 aliphatic carbocycles. The highest BCUT2D eigenvalue weighted by Gasteiger charge is 2.10. The van der Waals surface area contributed by atoms with Crippen LogP contribution in [-0.2, 0) is 32.7 Å². The van der Waals surface area contributed by atoms with Gasteiger partial charge in [0.1, 0.15) is 4.60 Å². The zero-order valence-corrected chi connectivity index (χ0v) is 49.9. The number of halogens is 2. The van der Waals surface area contributed by atoms with Gasteiger partial charge in [0.2, 0.25) is 0 Å². The highest BCUT2D eigenvalue weighted by atomic mass is 79.9. The van der Waals surface area contributed by atoms with Crippen molar-refractivity contribution >= 4 is 56.2 Å². The summed E-state index contributed by atoms with van der Waals surface area (Å²) in [5, 5.41) is 13.3. The van der Waals surface area contributed by atoms with E-state index in [9.17, 15) is 14.3 Å². The second kappa shape index (κ2) is 30.5. The number of hydrogen-bond donors (Lipinski definition) is 1. The first kappa shape index (κ1) is 59.2. The summed E-state index contributed by atoms with van der Waals surface area (Å²) >= 11 is 8.27. The molecular formula is C64H53BrFN15O2S3. The minimum absolute atomic E-state index is 0.356. The predicted molar refractivity (Wildman–Crippen MR) is 338 cm³/mol. The van der Waals surface area contributed by atoms with Gasteiger partial charge in [-0.25, -0.2) is 34.3 Å². The minimum Gasteiger partial charge on any atom is -0.505 e. The summed E-state index contributed by atoms with van der Waals surface area (Å²) in [5.41, 5.74) is 10.0. The molecule has 1 aromatic carbocycles. The smallest absolute Gasteiger partial charge is 0.165 e. The van der Waals surface area contributed by atoms with Crippen LogP contribution in [0.3, 0.4) is 0 Å². The number of aldehydes is 1. The SMILES string of the molecule is Brc1ncccc1Cn1ccnc1.O=Cc1ccc(-c2ccc(Cn3ccnc3)cn2)s1.Oc1ccc(-c2ccc(Cn3ccnc3)cn2)cc1F.c1csc(-c2ccc(Cn3ccnc3)cn2)c1.c1csc(-c2ncccc2Cn2ccnc2)c1. The maximum absolute atomic E-state index is 13.3. The number of phenolic OH excluding ortho intramolecular Hbond substituents is 1. The molecule has 0 saturated carbocycles. The quantitative estimate of drug-likeness (QED) is 0.0756. The number of pyridine rings is 5. The molecule has 0 aliphatic rings. The maximum Gasteiger partial charge on any atom is 0.165 e. The van der Waals surface area contributed by atoms with Gasteiger partial charge in [-0.15, -0.1) is 34.0 Å². The van der Waals surface area contributed by atoms with Gasteiger partial charge < -0.3 is 27.9 Å². The Morgan fingerprint density at radius 2 is 0.942 bits per heavy atom. The predicted octanol–water partition coefficient (Wildman–Crippen LogP) is 13.9. The van der Waals surface area contributed by atoms with Crippen LogP contribution in [0.5, 0.6) is 5.75 Å². The fourth-order valence-electron chi connectivity index (χ4n) is 8.33. The Morgan fingerprint density at radius 1 is 0.465 bits per heavy atom. The molecule has 17 nitrogen and oxygen atoms in total. The van der Waals surface area contributed by atoms with E-state index in [4.69, 9.17) is 0 Å². The standard InChI is InChI=1S/C15H12FN3O.C14H11N3OS.2C13H11N3S.C9H8BrN3/c16-13-7-12(2-4-15(13)20)14-3-1-11(8-18-14)9-19-6-5-17-10-19;18-9-12-2-4-14(19-12)13-3-1-11(7-16-13)8-17-6-5-15-10-17;1-3-11(9-16-7-6-14-10-16)13(15-5-1)12-4-2-8-17-12;1-2-13(17-7-1)12-4-3-11(8-15-12)9-16-6-5-14-10-16;10-9-8(2-1-3-12-9)6-13-5-4-11-7-13/h1-8,10,20H,9H2;1-7,9-10H,8H2;2*1-8,10H,9H2;1-5,7H,6H2. The van der Waals surface area contributed by atoms with E-state index < -0.39 is 5.82 Å². The van der Waals surface area contributed by atoms with Crippen molar-refractivity contribution in [3.8, 4) is 48.7 Å². The van der Waals surface area contributed by atoms with Gasteiger partial charge in [0.05, 0.1) is 87.0 Å². The van der Waals surface area contributed by atoms with Crippen molar-refractivity contribution in [1.82, 2.24) is 72.7 Å². The average molecular weight is 1260 g/mol. The lowest BCUT2D eigenvalue weighted by atomic mass is 10.1. The Bertz CT molecular complexity index is 4180. The third kappa shape index (κ3) is 17.3. The van der Waals surface area contributed by atoms with Gasteiger partial charge in [0, 0.05) is 124 Å². The number of thiophene rings is 3. The molecule has 0 radical (unpaired) electrons. The molecule has 0 spiro atoms. The number of phenols is 1. The Kier molecular flexibility index (Phi) is 21.0. The number of carbonyl (C=O) groups is 1. The molecule has 0 bridgehead atoms. The number of hydrogen-bond acceptors (Lipinski definition) is 15. The summed E-state index contributed by atoms with van der Waals surface area (Å²) in [6.45, 7) is 3.88. The molecule has 0 saturated heterocycles. The van der Waals surface area contributed by atoms with Gasteiger partial charge in [0.15, 0.2) is 17.9 Å². The third-order valence-electron chi connectivity index (χ3n) is 12.6. The summed E-state index contributed by atoms with van der Waals surface area (Å²) in [6, 6.07) is 36.3. The molecular weight excluding hydrogens is 1210 g/mol. The van der Waals surface area contributed by atoms with Crippen molar-refractivity contribution in [2.45, 2.75) is 32.7 Å². The molecule has 1 N–H and O–H groups in total. The van der Waals surface area contributed by atoms with Gasteiger partial charge in [0.25, 0.3) is 0 Å². The summed E-state index contributed by atoms with van der Waals surface area (Å²) in [7, 11) is 0. The topological polar surface area (TPSA) is 191 Å². The van der Waals surface area contributed by atoms with E-state index in [1.807, 2.05) is 146 Å². The number of benzene rings is 1. The van der Waals surface area contributed by atoms with E-state index in [1.54, 1.807) is 91.1 Å². The second-order valence-corrected chi connectivity index (χ2v) is 22.5. The van der Waals surface area contributed by atoms with E-state index in [2.05, 4.69) is 113 Å². The Labute approximate surface area is 515 Å². The van der Waals surface area contributed by atoms with Gasteiger partial charge >= 0.3 is 0 Å². The average Bonchev–Trinajstić information content (AvgIpc) is 4.56. The maximum atomic E-state index is 13.3. The lowest BCUT2D eigenvalue weighted by Gasteiger charge is -2.07. The first-order valence-corrected chi connectivity index (χ1v) is 29.9. The van der Waals surface area contributed by atoms with Gasteiger partial charge in [-0.05, 0) is 122 Å². The van der Waals surface area contributed by atoms with E-state index in [-0.39, 0.29) is 5.75 Å². The summed E-state index contributed by atoms with van der Waals surface area (Å²) in [6.07, 6.45) is 37.4. The van der Waals surface area contributed by atoms with Crippen LogP contribution in [0.2, 0.25) is 0 Å². The van der Waals surface area contributed by atoms with Crippen molar-refractivity contribution in [2.75, 3.05) is 0 Å². The molecule has 0 fully saturated rings. The molecule has 0 atom stereocenters. The minimum atomic E-state index is -0.646. The number of imidazole rings is 5. The monoisotopic (exact) mass is 1260 g/mol. The molecule has 86 heavy (non-hydrogen) atoms. The van der Waals surface area contributed by atoms with Crippen molar-refractivity contribution < 1.29 is 14.3 Å². The molecule has 13 heterocycles. The van der Waals surface area contributed by atoms with Gasteiger partial charge in [-0.3, -0.25) is 24.7 Å². The van der Waals surface area contributed by atoms with Crippen molar-refractivity contribution in [1.29, 1.82) is 0 Å². The summed E-state index contributed by atoms with van der Waals surface area (Å²) in [4.78, 5) is 56.7. The molecule has 0 aliphatic heterocycles. The van der Waals surface area contributed by atoms with Crippen LogP contribution >= 0.6 is 49.9 Å². The lowest BCUT2D eigenvalue weighted by molar-refractivity contribution is 0.112. The first-order chi connectivity index (χ1) is 42.3. The van der Waals surface area contributed by atoms with Crippen LogP contribution in [0, 0.1) is 5.82 Å². The molecule has 0 amide bonds. The number of aromatic hydroxyl groups is 1. The fraction of sp³-hybridized carbons (Fsp3) is 0.0781. The van der Waals surface area contributed by atoms with Gasteiger partial charge in [-0.1, -0.05) is 42.5 Å². The molecule has 22 heteroatoms. The van der Waals surface area contributed by atoms with Crippen molar-refractivity contribution in [2.24, 2.45) is 0 Å². The lowest BCUT2D eigenvalue weighted by Crippen LogP contribution is -1.99. The highest BCUT2D eigenvalue weighted by molar-refractivity contribution is 9.10. The number of aromatic nitrogens is 15. The zero-order chi connectivity index (χ0) is 59.1. The number of rotatable bonds is 15. The van der Waals surface area contributed by atoms with E-state index in [1.165, 1.54) is 44.4 Å². The molecule has 14 aromatic rings. The van der Waals surface area contributed by atoms with E-state index >= 15 is 0 Å². The normalized spacial score (nSPS) is 10.5. The van der Waals surface area contributed by atoms with Crippen molar-refractivity contribution in [3.05, 3.63) is 294 Å². The van der Waals surface area contributed by atoms with Crippen molar-refractivity contribution in [3.63, 3.8) is 0 Å². The Hall–Kier alpha value is -10.0. The van der Waals surface area contributed by atoms with Gasteiger partial charge in [-0.2, -0.15) is 0 Å². The number of carbonyl (C=O) groups excluding carboxylic acids is 1.